The maximum Gasteiger partial charge on any atom is 0.333 e. The van der Waals surface area contributed by atoms with Crippen molar-refractivity contribution in [2.75, 3.05) is 13.2 Å². The number of aldehydes is 1. The van der Waals surface area contributed by atoms with Gasteiger partial charge < -0.3 is 28.5 Å². The van der Waals surface area contributed by atoms with Crippen LogP contribution >= 0.6 is 0 Å². The van der Waals surface area contributed by atoms with Gasteiger partial charge in [-0.1, -0.05) is 19.4 Å². The zero-order valence-corrected chi connectivity index (χ0v) is 21.7. The summed E-state index contributed by atoms with van der Waals surface area (Å²) in [5, 5.41) is 0. The topological polar surface area (TPSA) is 118 Å². The maximum atomic E-state index is 13.3. The quantitative estimate of drug-likeness (QED) is 0.187. The molecule has 0 aromatic rings. The third-order valence-electron chi connectivity index (χ3n) is 10.1. The number of esters is 3. The van der Waals surface area contributed by atoms with Gasteiger partial charge in [0.05, 0.1) is 13.0 Å². The van der Waals surface area contributed by atoms with Crippen molar-refractivity contribution in [1.82, 2.24) is 0 Å². The fourth-order valence-corrected chi connectivity index (χ4v) is 7.84. The molecule has 5 fully saturated rings. The van der Waals surface area contributed by atoms with Crippen molar-refractivity contribution in [3.05, 3.63) is 11.6 Å². The van der Waals surface area contributed by atoms with E-state index in [9.17, 15) is 19.2 Å². The Morgan fingerprint density at radius 1 is 1.06 bits per heavy atom. The number of hydrogen-bond donors (Lipinski definition) is 0. The van der Waals surface area contributed by atoms with E-state index in [1.165, 1.54) is 6.92 Å². The van der Waals surface area contributed by atoms with Crippen molar-refractivity contribution >= 4 is 24.2 Å². The molecule has 36 heavy (non-hydrogen) atoms. The predicted octanol–water partition coefficient (Wildman–Crippen LogP) is 2.83. The average molecular weight is 505 g/mol. The Morgan fingerprint density at radius 2 is 1.78 bits per heavy atom. The van der Waals surface area contributed by atoms with E-state index in [0.717, 1.165) is 12.7 Å². The summed E-state index contributed by atoms with van der Waals surface area (Å²) in [5.74, 6) is -1.75. The summed E-state index contributed by atoms with van der Waals surface area (Å²) in [5.41, 5.74) is -4.27. The second kappa shape index (κ2) is 8.12. The fraction of sp³-hybridized carbons (Fsp3) is 0.778. The highest BCUT2D eigenvalue weighted by Crippen LogP contribution is 2.72. The van der Waals surface area contributed by atoms with Crippen LogP contribution in [0.2, 0.25) is 0 Å². The van der Waals surface area contributed by atoms with Gasteiger partial charge >= 0.3 is 17.9 Å². The van der Waals surface area contributed by atoms with Crippen LogP contribution in [0.1, 0.15) is 73.1 Å². The molecule has 3 aliphatic heterocycles. The van der Waals surface area contributed by atoms with Crippen LogP contribution in [0.25, 0.3) is 0 Å². The summed E-state index contributed by atoms with van der Waals surface area (Å²) < 4.78 is 30.3. The highest BCUT2D eigenvalue weighted by atomic mass is 16.6. The van der Waals surface area contributed by atoms with Gasteiger partial charge in [0.25, 0.3) is 0 Å². The van der Waals surface area contributed by atoms with Crippen LogP contribution in [0.15, 0.2) is 11.6 Å². The van der Waals surface area contributed by atoms with Gasteiger partial charge in [-0.2, -0.15) is 0 Å². The maximum absolute atomic E-state index is 13.3. The van der Waals surface area contributed by atoms with Gasteiger partial charge in [-0.15, -0.1) is 0 Å². The molecule has 5 aliphatic rings. The number of cyclic esters (lactones) is 1. The molecule has 0 aromatic carbocycles. The summed E-state index contributed by atoms with van der Waals surface area (Å²) in [6.45, 7) is 9.11. The Hall–Kier alpha value is -2.26. The van der Waals surface area contributed by atoms with Crippen molar-refractivity contribution in [3.8, 4) is 0 Å². The SMILES string of the molecule is C/C=C(\C)C(=O)O[C@H]1[C@H](OC(C)=O)[C@]2(C)O[C@]3(CC[C@]2(C)[C@H]2CCC[C@]4(CO4)[C@]12C=O)COC(=O)C3. The Bertz CT molecular complexity index is 1030. The van der Waals surface area contributed by atoms with E-state index >= 15 is 0 Å². The van der Waals surface area contributed by atoms with Gasteiger partial charge in [0, 0.05) is 17.9 Å². The second-order valence-electron chi connectivity index (χ2n) is 11.8. The van der Waals surface area contributed by atoms with Gasteiger partial charge in [0.15, 0.2) is 12.2 Å². The molecular weight excluding hydrogens is 468 g/mol. The lowest BCUT2D eigenvalue weighted by molar-refractivity contribution is -0.349. The first kappa shape index (κ1) is 25.4. The minimum atomic E-state index is -1.21. The van der Waals surface area contributed by atoms with Crippen molar-refractivity contribution < 1.29 is 42.9 Å². The monoisotopic (exact) mass is 504 g/mol. The van der Waals surface area contributed by atoms with Crippen molar-refractivity contribution in [2.45, 2.75) is 102 Å². The lowest BCUT2D eigenvalue weighted by atomic mass is 9.40. The van der Waals surface area contributed by atoms with Crippen molar-refractivity contribution in [1.29, 1.82) is 0 Å². The van der Waals surface area contributed by atoms with Crippen LogP contribution in [0.5, 0.6) is 0 Å². The molecule has 9 nitrogen and oxygen atoms in total. The highest BCUT2D eigenvalue weighted by molar-refractivity contribution is 5.88. The predicted molar refractivity (Wildman–Crippen MR) is 125 cm³/mol. The second-order valence-corrected chi connectivity index (χ2v) is 11.8. The smallest absolute Gasteiger partial charge is 0.333 e. The summed E-state index contributed by atoms with van der Waals surface area (Å²) in [6, 6.07) is 0. The number of ether oxygens (including phenoxy) is 5. The minimum Gasteiger partial charge on any atom is -0.463 e. The molecule has 0 radical (unpaired) electrons. The third-order valence-corrected chi connectivity index (χ3v) is 10.1. The molecule has 198 valence electrons. The third kappa shape index (κ3) is 3.20. The van der Waals surface area contributed by atoms with E-state index in [1.54, 1.807) is 19.9 Å². The number of allylic oxidation sites excluding steroid dienone is 1. The molecule has 2 saturated carbocycles. The normalized spacial score (nSPS) is 47.5. The van der Waals surface area contributed by atoms with Crippen LogP contribution in [0, 0.1) is 16.7 Å². The van der Waals surface area contributed by atoms with Gasteiger partial charge in [-0.3, -0.25) is 9.59 Å². The fourth-order valence-electron chi connectivity index (χ4n) is 7.84. The van der Waals surface area contributed by atoms with Crippen molar-refractivity contribution in [2.24, 2.45) is 16.7 Å². The molecule has 8 atom stereocenters. The van der Waals surface area contributed by atoms with Gasteiger partial charge in [0.1, 0.15) is 35.1 Å². The molecule has 0 bridgehead atoms. The Balaban J connectivity index is 1.71. The molecule has 3 heterocycles. The molecule has 0 amide bonds. The minimum absolute atomic E-state index is 0.101. The molecule has 3 saturated heterocycles. The first-order valence-electron chi connectivity index (χ1n) is 12.9. The van der Waals surface area contributed by atoms with E-state index in [1.807, 2.05) is 6.92 Å². The zero-order valence-electron chi connectivity index (χ0n) is 21.7. The van der Waals surface area contributed by atoms with Crippen LogP contribution in [0.3, 0.4) is 0 Å². The Labute approximate surface area is 211 Å². The molecule has 2 aliphatic carbocycles. The number of fused-ring (bicyclic) bond motifs is 4. The molecule has 0 N–H and O–H groups in total. The van der Waals surface area contributed by atoms with Crippen LogP contribution in [-0.2, 0) is 42.9 Å². The summed E-state index contributed by atoms with van der Waals surface area (Å²) in [4.78, 5) is 51.1. The van der Waals surface area contributed by atoms with Crippen LogP contribution in [-0.4, -0.2) is 66.4 Å². The number of epoxide rings is 1. The molecule has 5 rings (SSSR count). The van der Waals surface area contributed by atoms with Gasteiger partial charge in [-0.25, -0.2) is 4.79 Å². The number of hydrogen-bond acceptors (Lipinski definition) is 9. The van der Waals surface area contributed by atoms with Gasteiger partial charge in [-0.05, 0) is 52.4 Å². The Kier molecular flexibility index (Phi) is 5.73. The largest absolute Gasteiger partial charge is 0.463 e. The lowest BCUT2D eigenvalue weighted by Gasteiger charge is -2.69. The van der Waals surface area contributed by atoms with E-state index < -0.39 is 51.8 Å². The number of carbonyl (C=O) groups is 4. The Morgan fingerprint density at radius 3 is 2.33 bits per heavy atom. The average Bonchev–Trinajstić information content (AvgIpc) is 3.52. The van der Waals surface area contributed by atoms with E-state index in [4.69, 9.17) is 23.7 Å². The van der Waals surface area contributed by atoms with E-state index in [2.05, 4.69) is 6.92 Å². The molecular formula is C27H36O9. The van der Waals surface area contributed by atoms with E-state index in [-0.39, 0.29) is 24.9 Å². The number of carbonyl (C=O) groups excluding carboxylic acids is 4. The van der Waals surface area contributed by atoms with Gasteiger partial charge in [0.2, 0.25) is 0 Å². The van der Waals surface area contributed by atoms with Crippen molar-refractivity contribution in [3.63, 3.8) is 0 Å². The lowest BCUT2D eigenvalue weighted by Crippen LogP contribution is -2.80. The molecule has 9 heteroatoms. The van der Waals surface area contributed by atoms with Crippen LogP contribution in [0.4, 0.5) is 0 Å². The van der Waals surface area contributed by atoms with Crippen LogP contribution < -0.4 is 0 Å². The standard InChI is InChI=1S/C27H36O9/c1-6-16(2)22(31)35-21-20(34-17(3)29)24(5)23(4,10-11-25(36-24)12-19(30)32-14-25)18-8-7-9-26(15-33-26)27(18,21)13-28/h6,13,18,20-21H,7-12,14-15H2,1-5H3/b16-6+/t18-,20+,21+,23-,24+,25+,26+,27+/m1/s1. The zero-order chi connectivity index (χ0) is 26.1. The number of rotatable bonds is 4. The summed E-state index contributed by atoms with van der Waals surface area (Å²) in [6.07, 6.45) is 3.85. The summed E-state index contributed by atoms with van der Waals surface area (Å²) >= 11 is 0. The van der Waals surface area contributed by atoms with E-state index in [0.29, 0.717) is 37.9 Å². The summed E-state index contributed by atoms with van der Waals surface area (Å²) in [7, 11) is 0. The highest BCUT2D eigenvalue weighted by Gasteiger charge is 2.82. The molecule has 0 aromatic heterocycles. The first-order chi connectivity index (χ1) is 16.9. The first-order valence-corrected chi connectivity index (χ1v) is 12.9. The molecule has 2 spiro atoms. The molecule has 0 unspecified atom stereocenters.